The molecular weight excluding hydrogens is 498 g/mol. The molecule has 2 aromatic heterocycles. The molecule has 1 atom stereocenters. The first-order chi connectivity index (χ1) is 17.4. The van der Waals surface area contributed by atoms with Crippen molar-refractivity contribution >= 4 is 50.6 Å². The van der Waals surface area contributed by atoms with Gasteiger partial charge in [0.05, 0.1) is 10.3 Å². The summed E-state index contributed by atoms with van der Waals surface area (Å²) in [5.74, 6) is 1.96. The fourth-order valence-electron chi connectivity index (χ4n) is 5.05. The first kappa shape index (κ1) is 24.9. The molecule has 0 unspecified atom stereocenters. The molecule has 2 aliphatic rings. The molecule has 1 amide bonds. The zero-order valence-electron chi connectivity index (χ0n) is 20.6. The molecular formula is C26H30ClN5O3S. The van der Waals surface area contributed by atoms with Crippen LogP contribution in [-0.2, 0) is 12.8 Å². The molecule has 1 aliphatic carbocycles. The maximum Gasteiger partial charge on any atom is 0.288 e. The molecule has 5 rings (SSSR count). The number of anilines is 1. The van der Waals surface area contributed by atoms with Crippen molar-refractivity contribution in [3.63, 3.8) is 0 Å². The van der Waals surface area contributed by atoms with E-state index in [2.05, 4.69) is 18.7 Å². The number of benzene rings is 1. The molecule has 3 heterocycles. The predicted molar refractivity (Wildman–Crippen MR) is 144 cm³/mol. The Hall–Kier alpha value is -2.78. The largest absolute Gasteiger partial charge is 0.352 e. The number of aryl methyl sites for hydroxylation is 2. The third-order valence-corrected chi connectivity index (χ3v) is 8.88. The van der Waals surface area contributed by atoms with E-state index in [1.165, 1.54) is 47.2 Å². The number of nitro groups is 1. The van der Waals surface area contributed by atoms with Crippen molar-refractivity contribution in [1.29, 1.82) is 0 Å². The molecule has 36 heavy (non-hydrogen) atoms. The number of carbonyl (C=O) groups is 1. The highest BCUT2D eigenvalue weighted by Crippen LogP contribution is 2.40. The highest BCUT2D eigenvalue weighted by molar-refractivity contribution is 7.19. The lowest BCUT2D eigenvalue weighted by atomic mass is 10.1. The van der Waals surface area contributed by atoms with Crippen LogP contribution in [0.25, 0.3) is 10.2 Å². The van der Waals surface area contributed by atoms with Gasteiger partial charge in [0, 0.05) is 48.6 Å². The first-order valence-corrected chi connectivity index (χ1v) is 13.9. The van der Waals surface area contributed by atoms with Gasteiger partial charge in [0.25, 0.3) is 11.6 Å². The second kappa shape index (κ2) is 10.3. The molecule has 0 radical (unpaired) electrons. The van der Waals surface area contributed by atoms with Crippen molar-refractivity contribution in [2.75, 3.05) is 31.1 Å². The lowest BCUT2D eigenvalue weighted by molar-refractivity contribution is -0.384. The van der Waals surface area contributed by atoms with Crippen LogP contribution in [-0.4, -0.2) is 51.9 Å². The van der Waals surface area contributed by atoms with Gasteiger partial charge in [-0.15, -0.1) is 11.3 Å². The molecule has 0 N–H and O–H groups in total. The number of halogens is 1. The Morgan fingerprint density at radius 1 is 1.17 bits per heavy atom. The number of carbonyl (C=O) groups excluding carboxylic acids is 1. The van der Waals surface area contributed by atoms with Gasteiger partial charge in [-0.1, -0.05) is 31.9 Å². The molecule has 1 saturated heterocycles. The summed E-state index contributed by atoms with van der Waals surface area (Å²) in [6, 6.07) is 4.24. The molecule has 8 nitrogen and oxygen atoms in total. The number of hydrogen-bond donors (Lipinski definition) is 0. The number of hydrogen-bond acceptors (Lipinski definition) is 7. The molecule has 10 heteroatoms. The minimum atomic E-state index is -0.559. The van der Waals surface area contributed by atoms with Crippen LogP contribution < -0.4 is 4.90 Å². The van der Waals surface area contributed by atoms with Gasteiger partial charge in [-0.05, 0) is 49.8 Å². The molecule has 3 aromatic rings. The summed E-state index contributed by atoms with van der Waals surface area (Å²) in [6.07, 6.45) is 6.84. The van der Waals surface area contributed by atoms with E-state index in [1.54, 1.807) is 11.0 Å². The highest BCUT2D eigenvalue weighted by atomic mass is 35.5. The van der Waals surface area contributed by atoms with Crippen LogP contribution >= 0.6 is 22.9 Å². The standard InChI is InChI=1S/C26H30ClN5O3S/c1-3-16(2)23-28-24(22-18-7-5-4-6-8-21(18)36-25(22)29-23)30-11-13-31(14-12-30)26(33)17-9-10-19(27)20(15-17)32(34)35/h9-10,15-16H,3-8,11-14H2,1-2H3/t16-/m1/s1. The predicted octanol–water partition coefficient (Wildman–Crippen LogP) is 6.00. The van der Waals surface area contributed by atoms with E-state index >= 15 is 0 Å². The summed E-state index contributed by atoms with van der Waals surface area (Å²) in [7, 11) is 0. The van der Waals surface area contributed by atoms with Crippen molar-refractivity contribution in [1.82, 2.24) is 14.9 Å². The van der Waals surface area contributed by atoms with Crippen LogP contribution in [0, 0.1) is 10.1 Å². The Morgan fingerprint density at radius 3 is 2.64 bits per heavy atom. The number of aromatic nitrogens is 2. The second-order valence-electron chi connectivity index (χ2n) is 9.66. The zero-order chi connectivity index (χ0) is 25.4. The molecule has 0 saturated carbocycles. The third-order valence-electron chi connectivity index (χ3n) is 7.37. The minimum absolute atomic E-state index is 0.0288. The average Bonchev–Trinajstić information content (AvgIpc) is 3.08. The molecule has 190 valence electrons. The number of nitrogens with zero attached hydrogens (tertiary/aromatic N) is 5. The van der Waals surface area contributed by atoms with E-state index in [0.29, 0.717) is 26.2 Å². The minimum Gasteiger partial charge on any atom is -0.352 e. The van der Waals surface area contributed by atoms with Crippen LogP contribution in [0.3, 0.4) is 0 Å². The van der Waals surface area contributed by atoms with Gasteiger partial charge >= 0.3 is 0 Å². The van der Waals surface area contributed by atoms with E-state index in [4.69, 9.17) is 21.6 Å². The van der Waals surface area contributed by atoms with Gasteiger partial charge in [0.1, 0.15) is 21.5 Å². The summed E-state index contributed by atoms with van der Waals surface area (Å²) in [6.45, 7) is 6.67. The van der Waals surface area contributed by atoms with Gasteiger partial charge in [0.15, 0.2) is 0 Å². The van der Waals surface area contributed by atoms with Crippen molar-refractivity contribution in [3.8, 4) is 0 Å². The second-order valence-corrected chi connectivity index (χ2v) is 11.2. The van der Waals surface area contributed by atoms with Crippen molar-refractivity contribution in [2.24, 2.45) is 0 Å². The SMILES string of the molecule is CC[C@@H](C)c1nc(N2CCN(C(=O)c3ccc(Cl)c([N+](=O)[O-])c3)CC2)c2c3c(sc2n1)CCCCC3. The smallest absolute Gasteiger partial charge is 0.288 e. The first-order valence-electron chi connectivity index (χ1n) is 12.7. The quantitative estimate of drug-likeness (QED) is 0.229. The summed E-state index contributed by atoms with van der Waals surface area (Å²) in [5.41, 5.74) is 1.46. The fraction of sp³-hybridized carbons (Fsp3) is 0.500. The number of amides is 1. The Labute approximate surface area is 219 Å². The third kappa shape index (κ3) is 4.66. The van der Waals surface area contributed by atoms with Gasteiger partial charge in [-0.3, -0.25) is 14.9 Å². The van der Waals surface area contributed by atoms with E-state index in [-0.39, 0.29) is 28.1 Å². The van der Waals surface area contributed by atoms with E-state index in [0.717, 1.165) is 35.7 Å². The van der Waals surface area contributed by atoms with Crippen LogP contribution in [0.15, 0.2) is 18.2 Å². The summed E-state index contributed by atoms with van der Waals surface area (Å²) < 4.78 is 0. The fourth-order valence-corrected chi connectivity index (χ4v) is 6.50. The normalized spacial score (nSPS) is 17.1. The maximum absolute atomic E-state index is 13.1. The summed E-state index contributed by atoms with van der Waals surface area (Å²) in [4.78, 5) is 40.5. The Morgan fingerprint density at radius 2 is 1.92 bits per heavy atom. The lowest BCUT2D eigenvalue weighted by Crippen LogP contribution is -2.49. The maximum atomic E-state index is 13.1. The van der Waals surface area contributed by atoms with Crippen molar-refractivity contribution < 1.29 is 9.72 Å². The topological polar surface area (TPSA) is 92.5 Å². The highest BCUT2D eigenvalue weighted by Gasteiger charge is 2.29. The summed E-state index contributed by atoms with van der Waals surface area (Å²) >= 11 is 7.76. The molecule has 1 aromatic carbocycles. The van der Waals surface area contributed by atoms with Crippen LogP contribution in [0.2, 0.25) is 5.02 Å². The molecule has 0 spiro atoms. The number of fused-ring (bicyclic) bond motifs is 3. The Kier molecular flexibility index (Phi) is 7.12. The van der Waals surface area contributed by atoms with Crippen molar-refractivity contribution in [2.45, 2.75) is 58.3 Å². The Bertz CT molecular complexity index is 1320. The van der Waals surface area contributed by atoms with Gasteiger partial charge in [0.2, 0.25) is 0 Å². The summed E-state index contributed by atoms with van der Waals surface area (Å²) in [5, 5.41) is 12.5. The van der Waals surface area contributed by atoms with E-state index < -0.39 is 4.92 Å². The molecule has 0 bridgehead atoms. The van der Waals surface area contributed by atoms with Gasteiger partial charge in [-0.25, -0.2) is 9.97 Å². The van der Waals surface area contributed by atoms with E-state index in [9.17, 15) is 14.9 Å². The number of rotatable bonds is 5. The average molecular weight is 528 g/mol. The molecule has 1 aliphatic heterocycles. The molecule has 1 fully saturated rings. The zero-order valence-corrected chi connectivity index (χ0v) is 22.2. The van der Waals surface area contributed by atoms with Crippen LogP contribution in [0.1, 0.15) is 72.1 Å². The lowest BCUT2D eigenvalue weighted by Gasteiger charge is -2.36. The number of nitro benzene ring substituents is 1. The number of piperazine rings is 1. The van der Waals surface area contributed by atoms with Crippen LogP contribution in [0.5, 0.6) is 0 Å². The van der Waals surface area contributed by atoms with E-state index in [1.807, 2.05) is 11.3 Å². The monoisotopic (exact) mass is 527 g/mol. The van der Waals surface area contributed by atoms with Gasteiger partial charge < -0.3 is 9.80 Å². The van der Waals surface area contributed by atoms with Crippen LogP contribution in [0.4, 0.5) is 11.5 Å². The Balaban J connectivity index is 1.43. The van der Waals surface area contributed by atoms with Crippen molar-refractivity contribution in [3.05, 3.63) is 55.2 Å². The van der Waals surface area contributed by atoms with Gasteiger partial charge in [-0.2, -0.15) is 0 Å². The number of thiophene rings is 1.